The number of fused-ring (bicyclic) bond motifs is 1. The van der Waals surface area contributed by atoms with Crippen molar-refractivity contribution in [1.29, 1.82) is 5.26 Å². The molecule has 0 N–H and O–H groups in total. The molecule has 14 heavy (non-hydrogen) atoms. The number of carbonyl (C=O) groups excluding carboxylic acids is 1. The standard InChI is InChI=1S/C11H13NO2/c1-6-7-3-10(2)8(6)14-9(13)11(10,4-7)5-12/h6-8H,3-4H2,1-2H3. The van der Waals surface area contributed by atoms with Crippen LogP contribution in [0.25, 0.3) is 0 Å². The third-order valence-electron chi connectivity index (χ3n) is 4.85. The lowest BCUT2D eigenvalue weighted by Crippen LogP contribution is -2.41. The van der Waals surface area contributed by atoms with Crippen molar-refractivity contribution in [2.45, 2.75) is 32.8 Å². The quantitative estimate of drug-likeness (QED) is 0.545. The first-order valence-electron chi connectivity index (χ1n) is 5.17. The molecule has 5 atom stereocenters. The van der Waals surface area contributed by atoms with Crippen LogP contribution in [0.15, 0.2) is 0 Å². The number of esters is 1. The van der Waals surface area contributed by atoms with Gasteiger partial charge in [0.05, 0.1) is 6.07 Å². The van der Waals surface area contributed by atoms with Gasteiger partial charge in [0, 0.05) is 5.41 Å². The van der Waals surface area contributed by atoms with Crippen LogP contribution in [0.4, 0.5) is 0 Å². The van der Waals surface area contributed by atoms with Gasteiger partial charge in [0.15, 0.2) is 5.41 Å². The van der Waals surface area contributed by atoms with Gasteiger partial charge in [-0.25, -0.2) is 0 Å². The Bertz CT molecular complexity index is 372. The van der Waals surface area contributed by atoms with Gasteiger partial charge in [-0.15, -0.1) is 0 Å². The van der Waals surface area contributed by atoms with Crippen molar-refractivity contribution in [3.8, 4) is 6.07 Å². The van der Waals surface area contributed by atoms with Crippen LogP contribution in [0.1, 0.15) is 26.7 Å². The van der Waals surface area contributed by atoms with E-state index in [1.165, 1.54) is 0 Å². The highest BCUT2D eigenvalue weighted by Gasteiger charge is 2.76. The summed E-state index contributed by atoms with van der Waals surface area (Å²) in [5.74, 6) is 0.684. The van der Waals surface area contributed by atoms with Crippen molar-refractivity contribution in [2.75, 3.05) is 0 Å². The number of hydrogen-bond donors (Lipinski definition) is 0. The molecule has 0 radical (unpaired) electrons. The molecule has 0 aromatic heterocycles. The van der Waals surface area contributed by atoms with E-state index in [0.717, 1.165) is 12.8 Å². The van der Waals surface area contributed by atoms with E-state index in [1.54, 1.807) is 0 Å². The molecule has 2 bridgehead atoms. The highest BCUT2D eigenvalue weighted by Crippen LogP contribution is 2.70. The second-order valence-corrected chi connectivity index (χ2v) is 5.29. The third-order valence-corrected chi connectivity index (χ3v) is 4.85. The highest BCUT2D eigenvalue weighted by molar-refractivity contribution is 5.85. The normalized spacial score (nSPS) is 58.6. The number of ether oxygens (including phenoxy) is 1. The van der Waals surface area contributed by atoms with E-state index in [0.29, 0.717) is 11.8 Å². The Morgan fingerprint density at radius 2 is 2.29 bits per heavy atom. The number of carbonyl (C=O) groups is 1. The minimum absolute atomic E-state index is 0.00611. The molecule has 0 aromatic rings. The summed E-state index contributed by atoms with van der Waals surface area (Å²) in [6, 6.07) is 2.24. The van der Waals surface area contributed by atoms with E-state index in [-0.39, 0.29) is 17.5 Å². The lowest BCUT2D eigenvalue weighted by molar-refractivity contribution is -0.146. The van der Waals surface area contributed by atoms with E-state index in [2.05, 4.69) is 19.9 Å². The van der Waals surface area contributed by atoms with Gasteiger partial charge in [-0.2, -0.15) is 5.26 Å². The van der Waals surface area contributed by atoms with Gasteiger partial charge in [0.2, 0.25) is 0 Å². The van der Waals surface area contributed by atoms with Gasteiger partial charge in [-0.3, -0.25) is 4.79 Å². The summed E-state index contributed by atoms with van der Waals surface area (Å²) in [6.45, 7) is 4.19. The Kier molecular flexibility index (Phi) is 1.17. The maximum atomic E-state index is 11.8. The average Bonchev–Trinajstić information content (AvgIpc) is 2.61. The van der Waals surface area contributed by atoms with E-state index >= 15 is 0 Å². The molecule has 0 spiro atoms. The predicted molar refractivity (Wildman–Crippen MR) is 47.9 cm³/mol. The summed E-state index contributed by atoms with van der Waals surface area (Å²) < 4.78 is 5.39. The Labute approximate surface area is 83.0 Å². The lowest BCUT2D eigenvalue weighted by atomic mass is 9.63. The summed E-state index contributed by atoms with van der Waals surface area (Å²) in [4.78, 5) is 11.8. The molecule has 2 saturated carbocycles. The number of nitrogens with zero attached hydrogens (tertiary/aromatic N) is 1. The molecule has 1 aliphatic heterocycles. The van der Waals surface area contributed by atoms with E-state index < -0.39 is 5.41 Å². The average molecular weight is 191 g/mol. The van der Waals surface area contributed by atoms with Gasteiger partial charge >= 0.3 is 5.97 Å². The lowest BCUT2D eigenvalue weighted by Gasteiger charge is -2.33. The molecule has 3 fully saturated rings. The van der Waals surface area contributed by atoms with Crippen LogP contribution in [-0.2, 0) is 9.53 Å². The number of rotatable bonds is 0. The molecule has 3 heteroatoms. The van der Waals surface area contributed by atoms with E-state index in [9.17, 15) is 10.1 Å². The predicted octanol–water partition coefficient (Wildman–Crippen LogP) is 1.49. The Morgan fingerprint density at radius 1 is 1.57 bits per heavy atom. The van der Waals surface area contributed by atoms with Crippen LogP contribution >= 0.6 is 0 Å². The van der Waals surface area contributed by atoms with Gasteiger partial charge < -0.3 is 4.74 Å². The Balaban J connectivity index is 2.21. The van der Waals surface area contributed by atoms with Crippen molar-refractivity contribution in [1.82, 2.24) is 0 Å². The van der Waals surface area contributed by atoms with E-state index in [1.807, 2.05) is 0 Å². The van der Waals surface area contributed by atoms with Crippen molar-refractivity contribution in [3.63, 3.8) is 0 Å². The molecule has 5 unspecified atom stereocenters. The Morgan fingerprint density at radius 3 is 2.86 bits per heavy atom. The fourth-order valence-electron chi connectivity index (χ4n) is 3.96. The molecular formula is C11H13NO2. The van der Waals surface area contributed by atoms with Crippen molar-refractivity contribution < 1.29 is 9.53 Å². The zero-order chi connectivity index (χ0) is 10.1. The summed E-state index contributed by atoms with van der Waals surface area (Å²) in [6.07, 6.45) is 1.70. The van der Waals surface area contributed by atoms with Crippen molar-refractivity contribution in [3.05, 3.63) is 0 Å². The molecule has 1 saturated heterocycles. The molecule has 3 aliphatic rings. The summed E-state index contributed by atoms with van der Waals surface area (Å²) in [7, 11) is 0. The molecule has 74 valence electrons. The van der Waals surface area contributed by atoms with Crippen LogP contribution in [0.3, 0.4) is 0 Å². The largest absolute Gasteiger partial charge is 0.460 e. The SMILES string of the molecule is CC1C2CC3(C#N)C(=O)OC1C3(C)C2. The monoisotopic (exact) mass is 191 g/mol. The second-order valence-electron chi connectivity index (χ2n) is 5.29. The summed E-state index contributed by atoms with van der Waals surface area (Å²) in [5.41, 5.74) is -1.02. The zero-order valence-corrected chi connectivity index (χ0v) is 8.41. The van der Waals surface area contributed by atoms with Gasteiger partial charge in [-0.05, 0) is 24.7 Å². The molecule has 0 amide bonds. The van der Waals surface area contributed by atoms with Gasteiger partial charge in [0.1, 0.15) is 6.10 Å². The fourth-order valence-corrected chi connectivity index (χ4v) is 3.96. The molecule has 0 aromatic carbocycles. The number of hydrogen-bond acceptors (Lipinski definition) is 3. The van der Waals surface area contributed by atoms with Gasteiger partial charge in [-0.1, -0.05) is 13.8 Å². The molecule has 2 aliphatic carbocycles. The van der Waals surface area contributed by atoms with Crippen LogP contribution in [0.5, 0.6) is 0 Å². The minimum Gasteiger partial charge on any atom is -0.460 e. The first-order valence-corrected chi connectivity index (χ1v) is 5.17. The van der Waals surface area contributed by atoms with Crippen LogP contribution in [0.2, 0.25) is 0 Å². The Hall–Kier alpha value is -1.04. The molecule has 3 rings (SSSR count). The van der Waals surface area contributed by atoms with Crippen LogP contribution in [0, 0.1) is 34.0 Å². The molecule has 3 nitrogen and oxygen atoms in total. The third kappa shape index (κ3) is 0.538. The maximum Gasteiger partial charge on any atom is 0.327 e. The zero-order valence-electron chi connectivity index (χ0n) is 8.41. The van der Waals surface area contributed by atoms with Crippen LogP contribution < -0.4 is 0 Å². The first-order chi connectivity index (χ1) is 6.55. The molecular weight excluding hydrogens is 178 g/mol. The topological polar surface area (TPSA) is 50.1 Å². The summed E-state index contributed by atoms with van der Waals surface area (Å²) in [5, 5.41) is 9.24. The smallest absolute Gasteiger partial charge is 0.327 e. The number of nitriles is 1. The van der Waals surface area contributed by atoms with E-state index in [4.69, 9.17) is 4.74 Å². The van der Waals surface area contributed by atoms with Crippen molar-refractivity contribution >= 4 is 5.97 Å². The van der Waals surface area contributed by atoms with Crippen LogP contribution in [-0.4, -0.2) is 12.1 Å². The first kappa shape index (κ1) is 8.28. The highest BCUT2D eigenvalue weighted by atomic mass is 16.6. The summed E-state index contributed by atoms with van der Waals surface area (Å²) >= 11 is 0. The second kappa shape index (κ2) is 1.98. The fraction of sp³-hybridized carbons (Fsp3) is 0.818. The van der Waals surface area contributed by atoms with Crippen molar-refractivity contribution in [2.24, 2.45) is 22.7 Å². The molecule has 1 heterocycles. The maximum absolute atomic E-state index is 11.8. The van der Waals surface area contributed by atoms with Gasteiger partial charge in [0.25, 0.3) is 0 Å². The minimum atomic E-state index is -0.811.